The van der Waals surface area contributed by atoms with Gasteiger partial charge in [-0.05, 0) is 24.3 Å². The van der Waals surface area contributed by atoms with Gasteiger partial charge in [-0.15, -0.1) is 0 Å². The number of pyridine rings is 2. The molecule has 0 N–H and O–H groups in total. The van der Waals surface area contributed by atoms with Crippen molar-refractivity contribution >= 4 is 5.69 Å². The van der Waals surface area contributed by atoms with E-state index in [-0.39, 0.29) is 0 Å². The summed E-state index contributed by atoms with van der Waals surface area (Å²) in [6.45, 7) is 3.30. The van der Waals surface area contributed by atoms with E-state index in [1.54, 1.807) is 10.9 Å². The molecule has 0 bridgehead atoms. The number of hydrogen-bond acceptors (Lipinski definition) is 7. The number of rotatable bonds is 2. The maximum atomic E-state index is 5.70. The molecular formula is C19H17N5O3. The summed E-state index contributed by atoms with van der Waals surface area (Å²) in [4.78, 5) is 11.1. The predicted octanol–water partition coefficient (Wildman–Crippen LogP) is 1.78. The van der Waals surface area contributed by atoms with Crippen LogP contribution in [-0.4, -0.2) is 51.8 Å². The molecule has 0 amide bonds. The third-order valence-corrected chi connectivity index (χ3v) is 5.19. The van der Waals surface area contributed by atoms with Crippen molar-refractivity contribution in [1.82, 2.24) is 19.7 Å². The van der Waals surface area contributed by atoms with Crippen LogP contribution < -0.4 is 9.64 Å². The van der Waals surface area contributed by atoms with Crippen molar-refractivity contribution in [3.05, 3.63) is 48.4 Å². The summed E-state index contributed by atoms with van der Waals surface area (Å²) in [5.74, 6) is 0.991. The lowest BCUT2D eigenvalue weighted by Gasteiger charge is -2.46. The summed E-state index contributed by atoms with van der Waals surface area (Å²) in [6, 6.07) is 7.89. The zero-order valence-corrected chi connectivity index (χ0v) is 14.5. The van der Waals surface area contributed by atoms with Crippen molar-refractivity contribution < 1.29 is 14.2 Å². The average molecular weight is 363 g/mol. The first kappa shape index (κ1) is 15.1. The van der Waals surface area contributed by atoms with Crippen LogP contribution in [0.15, 0.2) is 42.9 Å². The van der Waals surface area contributed by atoms with Gasteiger partial charge < -0.3 is 19.1 Å². The summed E-state index contributed by atoms with van der Waals surface area (Å²) >= 11 is 0. The average Bonchev–Trinajstić information content (AvgIpc) is 3.34. The van der Waals surface area contributed by atoms with Crippen LogP contribution in [0.5, 0.6) is 5.88 Å². The minimum atomic E-state index is -0.402. The van der Waals surface area contributed by atoms with Crippen LogP contribution in [0.25, 0.3) is 17.1 Å². The SMILES string of the molecule is c1cnc2c(c1)-c1nn(-c3ccc(N4CC5(C4)OCCO5)cn3)cc1CO2. The molecule has 0 radical (unpaired) electrons. The van der Waals surface area contributed by atoms with E-state index in [1.807, 2.05) is 30.6 Å². The molecule has 3 aliphatic rings. The fourth-order valence-corrected chi connectivity index (χ4v) is 3.79. The van der Waals surface area contributed by atoms with Gasteiger partial charge in [0, 0.05) is 18.0 Å². The normalized spacial score (nSPS) is 19.3. The number of aromatic nitrogens is 4. The maximum Gasteiger partial charge on any atom is 0.223 e. The van der Waals surface area contributed by atoms with Crippen molar-refractivity contribution in [2.24, 2.45) is 0 Å². The molecule has 6 heterocycles. The number of fused-ring (bicyclic) bond motifs is 3. The molecule has 1 spiro atoms. The van der Waals surface area contributed by atoms with Gasteiger partial charge in [0.15, 0.2) is 5.82 Å². The quantitative estimate of drug-likeness (QED) is 0.687. The highest BCUT2D eigenvalue weighted by Gasteiger charge is 2.48. The Balaban J connectivity index is 1.26. The second-order valence-electron chi connectivity index (χ2n) is 6.93. The first-order valence-electron chi connectivity index (χ1n) is 8.96. The number of ether oxygens (including phenoxy) is 3. The van der Waals surface area contributed by atoms with Gasteiger partial charge in [-0.25, -0.2) is 14.6 Å². The lowest BCUT2D eigenvalue weighted by Crippen LogP contribution is -2.62. The molecular weight excluding hydrogens is 346 g/mol. The van der Waals surface area contributed by atoms with Crippen molar-refractivity contribution in [2.75, 3.05) is 31.2 Å². The van der Waals surface area contributed by atoms with E-state index < -0.39 is 5.79 Å². The summed E-state index contributed by atoms with van der Waals surface area (Å²) < 4.78 is 18.9. The van der Waals surface area contributed by atoms with Crippen molar-refractivity contribution in [3.63, 3.8) is 0 Å². The largest absolute Gasteiger partial charge is 0.472 e. The Morgan fingerprint density at radius 3 is 2.74 bits per heavy atom. The van der Waals surface area contributed by atoms with Crippen LogP contribution >= 0.6 is 0 Å². The Kier molecular flexibility index (Phi) is 3.09. The molecule has 136 valence electrons. The van der Waals surface area contributed by atoms with Crippen LogP contribution in [0.2, 0.25) is 0 Å². The maximum absolute atomic E-state index is 5.70. The van der Waals surface area contributed by atoms with Crippen LogP contribution in [0.4, 0.5) is 5.69 Å². The minimum absolute atomic E-state index is 0.402. The molecule has 8 heteroatoms. The molecule has 3 aromatic rings. The van der Waals surface area contributed by atoms with Crippen LogP contribution in [0.1, 0.15) is 5.56 Å². The standard InChI is InChI=1S/C19H17N5O3/c1-2-15-17-13(10-25-18(15)20-5-1)9-24(22-17)16-4-3-14(8-21-16)23-11-19(12-23)26-6-7-27-19/h1-5,8-9H,6-7,10-12H2. The summed E-state index contributed by atoms with van der Waals surface area (Å²) in [6.07, 6.45) is 5.55. The Labute approximate surface area is 155 Å². The van der Waals surface area contributed by atoms with E-state index in [1.165, 1.54) is 0 Å². The van der Waals surface area contributed by atoms with Crippen molar-refractivity contribution in [3.8, 4) is 23.0 Å². The fraction of sp³-hybridized carbons (Fsp3) is 0.316. The zero-order chi connectivity index (χ0) is 17.8. The highest BCUT2D eigenvalue weighted by molar-refractivity contribution is 5.69. The molecule has 3 aliphatic heterocycles. The van der Waals surface area contributed by atoms with Crippen molar-refractivity contribution in [2.45, 2.75) is 12.4 Å². The Morgan fingerprint density at radius 2 is 1.93 bits per heavy atom. The fourth-order valence-electron chi connectivity index (χ4n) is 3.79. The van der Waals surface area contributed by atoms with Gasteiger partial charge in [0.05, 0.1) is 43.8 Å². The van der Waals surface area contributed by atoms with Crippen LogP contribution in [-0.2, 0) is 16.1 Å². The van der Waals surface area contributed by atoms with Gasteiger partial charge in [-0.2, -0.15) is 5.10 Å². The summed E-state index contributed by atoms with van der Waals surface area (Å²) in [7, 11) is 0. The molecule has 8 nitrogen and oxygen atoms in total. The van der Waals surface area contributed by atoms with Gasteiger partial charge in [-0.3, -0.25) is 0 Å². The molecule has 2 saturated heterocycles. The molecule has 0 aromatic carbocycles. The van der Waals surface area contributed by atoms with E-state index in [4.69, 9.17) is 19.3 Å². The van der Waals surface area contributed by atoms with Gasteiger partial charge >= 0.3 is 0 Å². The lowest BCUT2D eigenvalue weighted by atomic mass is 10.1. The molecule has 27 heavy (non-hydrogen) atoms. The Bertz CT molecular complexity index is 1000. The topological polar surface area (TPSA) is 74.5 Å². The van der Waals surface area contributed by atoms with E-state index >= 15 is 0 Å². The van der Waals surface area contributed by atoms with Crippen LogP contribution in [0, 0.1) is 0 Å². The first-order valence-corrected chi connectivity index (χ1v) is 8.96. The summed E-state index contributed by atoms with van der Waals surface area (Å²) in [5, 5.41) is 4.71. The molecule has 6 rings (SSSR count). The Morgan fingerprint density at radius 1 is 1.04 bits per heavy atom. The van der Waals surface area contributed by atoms with E-state index in [0.717, 1.165) is 41.4 Å². The van der Waals surface area contributed by atoms with E-state index in [9.17, 15) is 0 Å². The predicted molar refractivity (Wildman–Crippen MR) is 95.8 cm³/mol. The smallest absolute Gasteiger partial charge is 0.223 e. The zero-order valence-electron chi connectivity index (χ0n) is 14.5. The van der Waals surface area contributed by atoms with E-state index in [2.05, 4.69) is 20.9 Å². The van der Waals surface area contributed by atoms with Crippen molar-refractivity contribution in [1.29, 1.82) is 0 Å². The highest BCUT2D eigenvalue weighted by atomic mass is 16.7. The van der Waals surface area contributed by atoms with Gasteiger partial charge in [0.2, 0.25) is 11.7 Å². The molecule has 0 aliphatic carbocycles. The lowest BCUT2D eigenvalue weighted by molar-refractivity contribution is -0.172. The first-order chi connectivity index (χ1) is 13.3. The molecule has 2 fully saturated rings. The molecule has 3 aromatic heterocycles. The number of hydrogen-bond donors (Lipinski definition) is 0. The number of nitrogens with zero attached hydrogens (tertiary/aromatic N) is 5. The van der Waals surface area contributed by atoms with Crippen LogP contribution in [0.3, 0.4) is 0 Å². The third-order valence-electron chi connectivity index (χ3n) is 5.19. The highest BCUT2D eigenvalue weighted by Crippen LogP contribution is 2.36. The minimum Gasteiger partial charge on any atom is -0.472 e. The van der Waals surface area contributed by atoms with Gasteiger partial charge in [-0.1, -0.05) is 0 Å². The number of anilines is 1. The second-order valence-corrected chi connectivity index (χ2v) is 6.93. The summed E-state index contributed by atoms with van der Waals surface area (Å²) in [5.41, 5.74) is 3.90. The molecule has 0 atom stereocenters. The van der Waals surface area contributed by atoms with Gasteiger partial charge in [0.25, 0.3) is 0 Å². The molecule has 0 unspecified atom stereocenters. The van der Waals surface area contributed by atoms with E-state index in [0.29, 0.717) is 25.7 Å². The third kappa shape index (κ3) is 2.34. The monoisotopic (exact) mass is 363 g/mol. The van der Waals surface area contributed by atoms with Gasteiger partial charge in [0.1, 0.15) is 12.3 Å². The second kappa shape index (κ2) is 5.51. The Hall–Kier alpha value is -2.97. The molecule has 0 saturated carbocycles.